The summed E-state index contributed by atoms with van der Waals surface area (Å²) in [5.74, 6) is 0.0601. The third-order valence-electron chi connectivity index (χ3n) is 2.36. The van der Waals surface area contributed by atoms with Crippen LogP contribution in [0.3, 0.4) is 0 Å². The number of aromatic nitrogens is 1. The van der Waals surface area contributed by atoms with Crippen molar-refractivity contribution in [3.8, 4) is 11.8 Å². The minimum Gasteiger partial charge on any atom is -0.507 e. The van der Waals surface area contributed by atoms with Crippen LogP contribution >= 0.6 is 23.1 Å². The number of thioether (sulfide) groups is 1. The van der Waals surface area contributed by atoms with Crippen molar-refractivity contribution in [2.24, 2.45) is 4.40 Å². The van der Waals surface area contributed by atoms with Crippen LogP contribution in [0, 0.1) is 11.3 Å². The first-order valence-electron chi connectivity index (χ1n) is 5.49. The molecule has 0 saturated heterocycles. The molecule has 0 amide bonds. The van der Waals surface area contributed by atoms with Crippen LogP contribution in [0.15, 0.2) is 38.0 Å². The fourth-order valence-electron chi connectivity index (χ4n) is 1.39. The number of rotatable bonds is 4. The maximum atomic E-state index is 11.9. The molecule has 0 bridgehead atoms. The lowest BCUT2D eigenvalue weighted by molar-refractivity contribution is 0.462. The Hall–Kier alpha value is -1.89. The molecule has 9 heteroatoms. The molecule has 0 aliphatic rings. The number of aromatic hydroxyl groups is 1. The van der Waals surface area contributed by atoms with Gasteiger partial charge in [-0.1, -0.05) is 17.4 Å². The van der Waals surface area contributed by atoms with Gasteiger partial charge in [-0.15, -0.1) is 11.8 Å². The summed E-state index contributed by atoms with van der Waals surface area (Å²) in [6.07, 6.45) is 4.14. The molecule has 1 aromatic heterocycles. The Kier molecular flexibility index (Phi) is 4.62. The minimum atomic E-state index is -3.94. The molecule has 1 aromatic carbocycles. The van der Waals surface area contributed by atoms with E-state index in [4.69, 9.17) is 5.26 Å². The van der Waals surface area contributed by atoms with Crippen molar-refractivity contribution in [2.45, 2.75) is 9.24 Å². The zero-order valence-corrected chi connectivity index (χ0v) is 13.2. The molecule has 2 aromatic rings. The molecule has 21 heavy (non-hydrogen) atoms. The summed E-state index contributed by atoms with van der Waals surface area (Å²) in [5, 5.41) is 18.4. The fourth-order valence-corrected chi connectivity index (χ4v) is 3.66. The predicted molar refractivity (Wildman–Crippen MR) is 81.5 cm³/mol. The second kappa shape index (κ2) is 6.26. The molecule has 0 saturated carbocycles. The van der Waals surface area contributed by atoms with Gasteiger partial charge in [-0.2, -0.15) is 18.1 Å². The molecule has 0 fully saturated rings. The average molecular weight is 339 g/mol. The van der Waals surface area contributed by atoms with Crippen LogP contribution in [-0.4, -0.2) is 31.0 Å². The molecule has 108 valence electrons. The Morgan fingerprint density at radius 2 is 2.29 bits per heavy atom. The Balaban J connectivity index is 2.28. The molecule has 2 rings (SSSR count). The molecule has 0 atom stereocenters. The second-order valence-corrected chi connectivity index (χ2v) is 7.43. The van der Waals surface area contributed by atoms with Gasteiger partial charge in [-0.3, -0.25) is 0 Å². The first-order valence-corrected chi connectivity index (χ1v) is 8.97. The van der Waals surface area contributed by atoms with Crippen molar-refractivity contribution in [1.82, 2.24) is 4.98 Å². The zero-order valence-electron chi connectivity index (χ0n) is 10.7. The van der Waals surface area contributed by atoms with Crippen molar-refractivity contribution in [1.29, 1.82) is 5.26 Å². The normalized spacial score (nSPS) is 11.6. The Bertz CT molecular complexity index is 835. The van der Waals surface area contributed by atoms with Crippen molar-refractivity contribution < 1.29 is 13.5 Å². The maximum absolute atomic E-state index is 11.9. The van der Waals surface area contributed by atoms with E-state index in [0.717, 1.165) is 17.6 Å². The fraction of sp³-hybridized carbons (Fsp3) is 0.0833. The molecular formula is C12H9N3O3S3. The predicted octanol–water partition coefficient (Wildman–Crippen LogP) is 2.25. The Labute approximate surface area is 129 Å². The van der Waals surface area contributed by atoms with E-state index in [1.165, 1.54) is 24.0 Å². The maximum Gasteiger partial charge on any atom is 0.309 e. The highest BCUT2D eigenvalue weighted by Crippen LogP contribution is 2.27. The number of sulfonamides is 1. The summed E-state index contributed by atoms with van der Waals surface area (Å²) in [7, 11) is -3.94. The van der Waals surface area contributed by atoms with E-state index in [2.05, 4.69) is 9.38 Å². The van der Waals surface area contributed by atoms with Gasteiger partial charge in [-0.25, -0.2) is 4.98 Å². The van der Waals surface area contributed by atoms with E-state index in [1.807, 2.05) is 12.3 Å². The third-order valence-corrected chi connectivity index (χ3v) is 5.65. The molecule has 6 nitrogen and oxygen atoms in total. The van der Waals surface area contributed by atoms with E-state index in [0.29, 0.717) is 10.5 Å². The van der Waals surface area contributed by atoms with Crippen molar-refractivity contribution in [3.63, 3.8) is 0 Å². The standard InChI is InChI=1S/C12H9N3O3S3/c1-19-11-3-2-8(4-10(11)16)6-15-21(17,18)12-14-7-9(5-13)20-12/h2-4,6-7,16H,1H3. The largest absolute Gasteiger partial charge is 0.507 e. The summed E-state index contributed by atoms with van der Waals surface area (Å²) in [5.41, 5.74) is 0.450. The molecule has 0 spiro atoms. The van der Waals surface area contributed by atoms with E-state index < -0.39 is 10.0 Å². The van der Waals surface area contributed by atoms with Crippen LogP contribution in [0.25, 0.3) is 0 Å². The molecular weight excluding hydrogens is 330 g/mol. The lowest BCUT2D eigenvalue weighted by Gasteiger charge is -2.01. The van der Waals surface area contributed by atoms with Crippen molar-refractivity contribution >= 4 is 39.3 Å². The van der Waals surface area contributed by atoms with Crippen LogP contribution in [0.5, 0.6) is 5.75 Å². The summed E-state index contributed by atoms with van der Waals surface area (Å²) < 4.78 is 27.1. The van der Waals surface area contributed by atoms with Gasteiger partial charge in [0.1, 0.15) is 16.7 Å². The third kappa shape index (κ3) is 3.60. The summed E-state index contributed by atoms with van der Waals surface area (Å²) in [6, 6.07) is 6.56. The molecule has 1 heterocycles. The smallest absolute Gasteiger partial charge is 0.309 e. The summed E-state index contributed by atoms with van der Waals surface area (Å²) >= 11 is 2.14. The second-order valence-electron chi connectivity index (χ2n) is 3.74. The van der Waals surface area contributed by atoms with Crippen molar-refractivity contribution in [3.05, 3.63) is 34.8 Å². The zero-order chi connectivity index (χ0) is 15.5. The minimum absolute atomic E-state index is 0.0601. The summed E-state index contributed by atoms with van der Waals surface area (Å²) in [6.45, 7) is 0. The number of benzene rings is 1. The Morgan fingerprint density at radius 3 is 2.86 bits per heavy atom. The number of phenolic OH excluding ortho intramolecular Hbond substituents is 1. The molecule has 0 aliphatic heterocycles. The van der Waals surface area contributed by atoms with Gasteiger partial charge in [0.15, 0.2) is 0 Å². The summed E-state index contributed by atoms with van der Waals surface area (Å²) in [4.78, 5) is 4.55. The lowest BCUT2D eigenvalue weighted by Crippen LogP contribution is -1.96. The highest BCUT2D eigenvalue weighted by molar-refractivity contribution is 7.98. The van der Waals surface area contributed by atoms with Crippen molar-refractivity contribution in [2.75, 3.05) is 6.26 Å². The van der Waals surface area contributed by atoms with Crippen LogP contribution in [0.1, 0.15) is 10.4 Å². The number of thiazole rings is 1. The van der Waals surface area contributed by atoms with Crippen LogP contribution < -0.4 is 0 Å². The van der Waals surface area contributed by atoms with E-state index >= 15 is 0 Å². The van der Waals surface area contributed by atoms with Gasteiger partial charge in [0.2, 0.25) is 4.34 Å². The van der Waals surface area contributed by atoms with E-state index in [1.54, 1.807) is 12.1 Å². The van der Waals surface area contributed by atoms with Crippen LogP contribution in [-0.2, 0) is 10.0 Å². The quantitative estimate of drug-likeness (QED) is 0.677. The SMILES string of the molecule is CSc1ccc(C=NS(=O)(=O)c2ncc(C#N)s2)cc1O. The number of hydrogen-bond donors (Lipinski definition) is 1. The monoisotopic (exact) mass is 339 g/mol. The highest BCUT2D eigenvalue weighted by atomic mass is 32.2. The van der Waals surface area contributed by atoms with E-state index in [9.17, 15) is 13.5 Å². The number of hydrogen-bond acceptors (Lipinski definition) is 7. The van der Waals surface area contributed by atoms with Gasteiger partial charge in [0.05, 0.1) is 6.20 Å². The molecule has 0 aliphatic carbocycles. The van der Waals surface area contributed by atoms with Crippen LogP contribution in [0.2, 0.25) is 0 Å². The van der Waals surface area contributed by atoms with E-state index in [-0.39, 0.29) is 15.0 Å². The number of nitrogens with zero attached hydrogens (tertiary/aromatic N) is 3. The van der Waals surface area contributed by atoms with Gasteiger partial charge in [-0.05, 0) is 24.0 Å². The lowest BCUT2D eigenvalue weighted by atomic mass is 10.2. The van der Waals surface area contributed by atoms with Gasteiger partial charge < -0.3 is 5.11 Å². The molecule has 1 N–H and O–H groups in total. The molecule has 0 radical (unpaired) electrons. The Morgan fingerprint density at radius 1 is 1.52 bits per heavy atom. The first kappa shape index (κ1) is 15.5. The first-order chi connectivity index (χ1) is 9.96. The molecule has 0 unspecified atom stereocenters. The number of nitriles is 1. The highest BCUT2D eigenvalue weighted by Gasteiger charge is 2.17. The van der Waals surface area contributed by atoms with Gasteiger partial charge in [0, 0.05) is 11.1 Å². The average Bonchev–Trinajstić information content (AvgIpc) is 2.95. The van der Waals surface area contributed by atoms with Crippen LogP contribution in [0.4, 0.5) is 0 Å². The number of phenols is 1. The van der Waals surface area contributed by atoms with Gasteiger partial charge >= 0.3 is 10.0 Å². The van der Waals surface area contributed by atoms with Gasteiger partial charge in [0.25, 0.3) is 0 Å². The topological polar surface area (TPSA) is 103 Å².